The number of carbonyl (C=O) groups is 1. The van der Waals surface area contributed by atoms with Gasteiger partial charge in [0.15, 0.2) is 0 Å². The normalized spacial score (nSPS) is 15.3. The van der Waals surface area contributed by atoms with Gasteiger partial charge in [-0.15, -0.1) is 11.8 Å². The highest BCUT2D eigenvalue weighted by atomic mass is 32.2. The van der Waals surface area contributed by atoms with Crippen molar-refractivity contribution in [1.82, 2.24) is 0 Å². The van der Waals surface area contributed by atoms with Crippen molar-refractivity contribution in [3.8, 4) is 0 Å². The summed E-state index contributed by atoms with van der Waals surface area (Å²) in [7, 11) is 0. The average Bonchev–Trinajstić information content (AvgIpc) is 2.91. The van der Waals surface area contributed by atoms with Crippen LogP contribution < -0.4 is 10.6 Å². The minimum Gasteiger partial charge on any atom is -0.382 e. The molecule has 0 saturated carbocycles. The first-order valence-electron chi connectivity index (χ1n) is 6.55. The summed E-state index contributed by atoms with van der Waals surface area (Å²) in [5.74, 6) is 0.583. The molecule has 20 heavy (non-hydrogen) atoms. The van der Waals surface area contributed by atoms with Gasteiger partial charge in [-0.25, -0.2) is 0 Å². The van der Waals surface area contributed by atoms with Gasteiger partial charge in [-0.3, -0.25) is 4.79 Å². The Morgan fingerprint density at radius 1 is 1.40 bits per heavy atom. The molecule has 1 aliphatic rings. The molecule has 1 unspecified atom stereocenters. The van der Waals surface area contributed by atoms with Crippen molar-refractivity contribution in [2.24, 2.45) is 0 Å². The Bertz CT molecular complexity index is 610. The first-order chi connectivity index (χ1) is 9.70. The second kappa shape index (κ2) is 5.89. The molecule has 3 nitrogen and oxygen atoms in total. The molecule has 1 aromatic heterocycles. The van der Waals surface area contributed by atoms with E-state index in [0.717, 1.165) is 22.7 Å². The highest BCUT2D eigenvalue weighted by Gasteiger charge is 2.15. The Labute approximate surface area is 126 Å². The van der Waals surface area contributed by atoms with E-state index in [2.05, 4.69) is 46.5 Å². The van der Waals surface area contributed by atoms with Crippen LogP contribution in [0.25, 0.3) is 0 Å². The zero-order valence-electron chi connectivity index (χ0n) is 11.2. The van der Waals surface area contributed by atoms with Gasteiger partial charge in [0.05, 0.1) is 11.4 Å². The van der Waals surface area contributed by atoms with Crippen LogP contribution in [0.15, 0.2) is 39.9 Å². The van der Waals surface area contributed by atoms with Gasteiger partial charge in [0.2, 0.25) is 5.91 Å². The molecule has 0 saturated heterocycles. The Kier molecular flexibility index (Phi) is 3.98. The molecule has 1 aliphatic heterocycles. The number of hydrogen-bond acceptors (Lipinski definition) is 4. The molecule has 3 rings (SSSR count). The summed E-state index contributed by atoms with van der Waals surface area (Å²) in [4.78, 5) is 12.6. The second-order valence-electron chi connectivity index (χ2n) is 4.93. The molecule has 2 N–H and O–H groups in total. The molecule has 5 heteroatoms. The van der Waals surface area contributed by atoms with Gasteiger partial charge >= 0.3 is 0 Å². The van der Waals surface area contributed by atoms with Crippen LogP contribution in [0.3, 0.4) is 0 Å². The predicted molar refractivity (Wildman–Crippen MR) is 86.9 cm³/mol. The van der Waals surface area contributed by atoms with E-state index in [1.807, 2.05) is 6.07 Å². The predicted octanol–water partition coefficient (Wildman–Crippen LogP) is 3.84. The summed E-state index contributed by atoms with van der Waals surface area (Å²) in [5, 5.41) is 10.7. The number of nitrogens with one attached hydrogen (secondary N) is 2. The van der Waals surface area contributed by atoms with Crippen LogP contribution in [-0.4, -0.2) is 17.7 Å². The standard InChI is InChI=1S/C15H16N2OS2/c1-10(6-11-4-5-19-8-11)16-12-2-3-14-13(7-12)17-15(18)9-20-14/h2-5,7-8,10,16H,6,9H2,1H3,(H,17,18). The second-order valence-corrected chi connectivity index (χ2v) is 6.73. The van der Waals surface area contributed by atoms with Crippen LogP contribution in [0.2, 0.25) is 0 Å². The van der Waals surface area contributed by atoms with Crippen molar-refractivity contribution in [2.45, 2.75) is 24.3 Å². The van der Waals surface area contributed by atoms with Crippen molar-refractivity contribution in [1.29, 1.82) is 0 Å². The third kappa shape index (κ3) is 3.16. The molecule has 104 valence electrons. The van der Waals surface area contributed by atoms with Crippen molar-refractivity contribution in [2.75, 3.05) is 16.4 Å². The summed E-state index contributed by atoms with van der Waals surface area (Å²) in [5.41, 5.74) is 3.32. The zero-order chi connectivity index (χ0) is 13.9. The summed E-state index contributed by atoms with van der Waals surface area (Å²) < 4.78 is 0. The fourth-order valence-electron chi connectivity index (χ4n) is 2.27. The van der Waals surface area contributed by atoms with Gasteiger partial charge in [0.1, 0.15) is 0 Å². The monoisotopic (exact) mass is 304 g/mol. The number of carbonyl (C=O) groups excluding carboxylic acids is 1. The van der Waals surface area contributed by atoms with Crippen LogP contribution in [0.1, 0.15) is 12.5 Å². The molecule has 2 heterocycles. The third-order valence-electron chi connectivity index (χ3n) is 3.15. The van der Waals surface area contributed by atoms with E-state index in [0.29, 0.717) is 11.8 Å². The topological polar surface area (TPSA) is 41.1 Å². The molecule has 0 bridgehead atoms. The van der Waals surface area contributed by atoms with Crippen LogP contribution >= 0.6 is 23.1 Å². The van der Waals surface area contributed by atoms with Gasteiger partial charge in [-0.2, -0.15) is 11.3 Å². The van der Waals surface area contributed by atoms with Gasteiger partial charge in [0.25, 0.3) is 0 Å². The van der Waals surface area contributed by atoms with E-state index in [-0.39, 0.29) is 5.91 Å². The summed E-state index contributed by atoms with van der Waals surface area (Å²) >= 11 is 3.32. The average molecular weight is 304 g/mol. The number of thioether (sulfide) groups is 1. The fraction of sp³-hybridized carbons (Fsp3) is 0.267. The number of fused-ring (bicyclic) bond motifs is 1. The van der Waals surface area contributed by atoms with Gasteiger partial charge < -0.3 is 10.6 Å². The number of hydrogen-bond donors (Lipinski definition) is 2. The lowest BCUT2D eigenvalue weighted by Crippen LogP contribution is -2.20. The zero-order valence-corrected chi connectivity index (χ0v) is 12.8. The van der Waals surface area contributed by atoms with Crippen LogP contribution in [0.4, 0.5) is 11.4 Å². The first kappa shape index (κ1) is 13.5. The highest BCUT2D eigenvalue weighted by Crippen LogP contribution is 2.33. The minimum absolute atomic E-state index is 0.0750. The van der Waals surface area contributed by atoms with Gasteiger partial charge in [-0.05, 0) is 53.9 Å². The largest absolute Gasteiger partial charge is 0.382 e. The van der Waals surface area contributed by atoms with E-state index < -0.39 is 0 Å². The molecule has 1 aromatic carbocycles. The maximum Gasteiger partial charge on any atom is 0.234 e. The molecule has 0 radical (unpaired) electrons. The maximum absolute atomic E-state index is 11.4. The van der Waals surface area contributed by atoms with E-state index >= 15 is 0 Å². The quantitative estimate of drug-likeness (QED) is 0.902. The number of rotatable bonds is 4. The van der Waals surface area contributed by atoms with Crippen molar-refractivity contribution in [3.05, 3.63) is 40.6 Å². The molecule has 1 atom stereocenters. The first-order valence-corrected chi connectivity index (χ1v) is 8.48. The Morgan fingerprint density at radius 3 is 3.10 bits per heavy atom. The van der Waals surface area contributed by atoms with Crippen LogP contribution in [-0.2, 0) is 11.2 Å². The van der Waals surface area contributed by atoms with E-state index in [4.69, 9.17) is 0 Å². The lowest BCUT2D eigenvalue weighted by atomic mass is 10.1. The number of amides is 1. The Hall–Kier alpha value is -1.46. The summed E-state index contributed by atoms with van der Waals surface area (Å²) in [6.45, 7) is 2.17. The highest BCUT2D eigenvalue weighted by molar-refractivity contribution is 8.00. The van der Waals surface area contributed by atoms with Crippen molar-refractivity contribution in [3.63, 3.8) is 0 Å². The fourth-order valence-corrected chi connectivity index (χ4v) is 3.74. The Balaban J connectivity index is 1.68. The summed E-state index contributed by atoms with van der Waals surface area (Å²) in [6, 6.07) is 8.68. The molecule has 1 amide bonds. The van der Waals surface area contributed by atoms with Gasteiger partial charge in [-0.1, -0.05) is 0 Å². The Morgan fingerprint density at radius 2 is 2.30 bits per heavy atom. The lowest BCUT2D eigenvalue weighted by molar-refractivity contribution is -0.113. The van der Waals surface area contributed by atoms with Gasteiger partial charge in [0, 0.05) is 16.6 Å². The molecule has 0 aliphatic carbocycles. The van der Waals surface area contributed by atoms with E-state index in [9.17, 15) is 4.79 Å². The van der Waals surface area contributed by atoms with Crippen LogP contribution in [0.5, 0.6) is 0 Å². The van der Waals surface area contributed by atoms with Crippen molar-refractivity contribution >= 4 is 40.4 Å². The van der Waals surface area contributed by atoms with E-state index in [1.54, 1.807) is 23.1 Å². The number of anilines is 2. The molecule has 2 aromatic rings. The summed E-state index contributed by atoms with van der Waals surface area (Å²) in [6.07, 6.45) is 1.00. The maximum atomic E-state index is 11.4. The molecular weight excluding hydrogens is 288 g/mol. The third-order valence-corrected chi connectivity index (χ3v) is 4.95. The smallest absolute Gasteiger partial charge is 0.234 e. The molecular formula is C15H16N2OS2. The van der Waals surface area contributed by atoms with E-state index in [1.165, 1.54) is 5.56 Å². The number of benzene rings is 1. The lowest BCUT2D eigenvalue weighted by Gasteiger charge is -2.19. The SMILES string of the molecule is CC(Cc1ccsc1)Nc1ccc2c(c1)NC(=O)CS2. The molecule has 0 fully saturated rings. The van der Waals surface area contributed by atoms with Crippen LogP contribution in [0, 0.1) is 0 Å². The van der Waals surface area contributed by atoms with Crippen molar-refractivity contribution < 1.29 is 4.79 Å². The minimum atomic E-state index is 0.0750. The number of thiophene rings is 1. The molecule has 0 spiro atoms.